The van der Waals surface area contributed by atoms with Crippen molar-refractivity contribution in [3.8, 4) is 0 Å². The Balaban J connectivity index is 1.93. The second kappa shape index (κ2) is 7.75. The van der Waals surface area contributed by atoms with Crippen molar-refractivity contribution < 1.29 is 0 Å². The maximum Gasteiger partial charge on any atom is 0.0864 e. The number of aliphatic imine (C=N–C) groups is 2. The van der Waals surface area contributed by atoms with Crippen LogP contribution < -0.4 is 0 Å². The summed E-state index contributed by atoms with van der Waals surface area (Å²) in [5, 5.41) is 0. The quantitative estimate of drug-likeness (QED) is 0.717. The summed E-state index contributed by atoms with van der Waals surface area (Å²) in [6.07, 6.45) is 2.89. The van der Waals surface area contributed by atoms with Gasteiger partial charge in [-0.3, -0.25) is 9.98 Å². The first-order chi connectivity index (χ1) is 12.2. The molecule has 3 rings (SSSR count). The van der Waals surface area contributed by atoms with E-state index in [2.05, 4.69) is 84.8 Å². The molecule has 0 aliphatic carbocycles. The van der Waals surface area contributed by atoms with Crippen LogP contribution in [0.2, 0.25) is 0 Å². The van der Waals surface area contributed by atoms with E-state index in [9.17, 15) is 0 Å². The van der Waals surface area contributed by atoms with E-state index >= 15 is 0 Å². The van der Waals surface area contributed by atoms with E-state index < -0.39 is 0 Å². The molecule has 0 saturated heterocycles. The van der Waals surface area contributed by atoms with Crippen LogP contribution in [0, 0.1) is 6.92 Å². The molecular weight excluding hydrogens is 306 g/mol. The normalized spacial score (nSPS) is 13.9. The molecule has 25 heavy (non-hydrogen) atoms. The largest absolute Gasteiger partial charge is 0.342 e. The molecule has 0 fully saturated rings. The lowest BCUT2D eigenvalue weighted by Crippen LogP contribution is -2.29. The molecule has 2 aromatic carbocycles. The lowest BCUT2D eigenvalue weighted by Gasteiger charge is -2.27. The molecule has 0 N–H and O–H groups in total. The zero-order valence-corrected chi connectivity index (χ0v) is 14.7. The Labute approximate surface area is 149 Å². The highest BCUT2D eigenvalue weighted by Crippen LogP contribution is 2.24. The van der Waals surface area contributed by atoms with E-state index in [1.54, 1.807) is 0 Å². The first-order valence-electron chi connectivity index (χ1n) is 8.42. The number of benzene rings is 2. The van der Waals surface area contributed by atoms with E-state index in [0.717, 1.165) is 35.6 Å². The fourth-order valence-corrected chi connectivity index (χ4v) is 2.92. The second-order valence-corrected chi connectivity index (χ2v) is 6.30. The van der Waals surface area contributed by atoms with Crippen molar-refractivity contribution in [2.75, 3.05) is 13.1 Å². The molecule has 0 spiro atoms. The number of hydrogen-bond acceptors (Lipinski definition) is 3. The van der Waals surface area contributed by atoms with Crippen LogP contribution in [0.5, 0.6) is 0 Å². The summed E-state index contributed by atoms with van der Waals surface area (Å²) in [6.45, 7) is 11.1. The van der Waals surface area contributed by atoms with Crippen LogP contribution in [0.3, 0.4) is 0 Å². The Morgan fingerprint density at radius 2 is 1.96 bits per heavy atom. The fraction of sp³-hybridized carbons (Fsp3) is 0.182. The molecule has 0 amide bonds. The molecule has 1 aliphatic rings. The van der Waals surface area contributed by atoms with Gasteiger partial charge in [0.05, 0.1) is 18.8 Å². The molecule has 3 nitrogen and oxygen atoms in total. The third-order valence-electron chi connectivity index (χ3n) is 4.17. The minimum absolute atomic E-state index is 0.524. The molecule has 126 valence electrons. The summed E-state index contributed by atoms with van der Waals surface area (Å²) in [4.78, 5) is 11.0. The maximum absolute atomic E-state index is 4.93. The minimum Gasteiger partial charge on any atom is -0.342 e. The number of hydrogen-bond donors (Lipinski definition) is 0. The highest BCUT2D eigenvalue weighted by Gasteiger charge is 2.17. The van der Waals surface area contributed by atoms with Crippen molar-refractivity contribution in [3.63, 3.8) is 0 Å². The topological polar surface area (TPSA) is 28.0 Å². The van der Waals surface area contributed by atoms with Crippen LogP contribution in [0.1, 0.15) is 16.7 Å². The Kier molecular flexibility index (Phi) is 5.24. The first kappa shape index (κ1) is 16.9. The molecule has 0 radical (unpaired) electrons. The van der Waals surface area contributed by atoms with Gasteiger partial charge in [0.2, 0.25) is 0 Å². The van der Waals surface area contributed by atoms with Crippen LogP contribution >= 0.6 is 0 Å². The average Bonchev–Trinajstić information content (AvgIpc) is 2.62. The Morgan fingerprint density at radius 3 is 2.68 bits per heavy atom. The van der Waals surface area contributed by atoms with E-state index in [0.29, 0.717) is 6.54 Å². The number of aryl methyl sites for hydroxylation is 1. The molecule has 1 heterocycles. The molecule has 0 bridgehead atoms. The lowest BCUT2D eigenvalue weighted by atomic mass is 10.0. The summed E-state index contributed by atoms with van der Waals surface area (Å²) >= 11 is 0. The van der Waals surface area contributed by atoms with E-state index in [1.807, 2.05) is 6.07 Å². The van der Waals surface area contributed by atoms with Crippen LogP contribution in [0.15, 0.2) is 83.1 Å². The third-order valence-corrected chi connectivity index (χ3v) is 4.17. The maximum atomic E-state index is 4.93. The summed E-state index contributed by atoms with van der Waals surface area (Å²) in [7, 11) is 0. The van der Waals surface area contributed by atoms with Gasteiger partial charge in [-0.15, -0.1) is 0 Å². The molecule has 0 saturated carbocycles. The van der Waals surface area contributed by atoms with E-state index in [4.69, 9.17) is 4.99 Å². The molecule has 0 unspecified atom stereocenters. The summed E-state index contributed by atoms with van der Waals surface area (Å²) in [5.74, 6) is 0. The van der Waals surface area contributed by atoms with E-state index in [-0.39, 0.29) is 0 Å². The predicted molar refractivity (Wildman–Crippen MR) is 107 cm³/mol. The van der Waals surface area contributed by atoms with Gasteiger partial charge in [-0.1, -0.05) is 60.7 Å². The zero-order chi connectivity index (χ0) is 17.6. The Morgan fingerprint density at radius 1 is 1.16 bits per heavy atom. The second-order valence-electron chi connectivity index (χ2n) is 6.30. The molecule has 1 aliphatic heterocycles. The van der Waals surface area contributed by atoms with Gasteiger partial charge in [0.25, 0.3) is 0 Å². The van der Waals surface area contributed by atoms with Gasteiger partial charge in [0.1, 0.15) is 0 Å². The van der Waals surface area contributed by atoms with Crippen LogP contribution in [-0.2, 0) is 6.42 Å². The van der Waals surface area contributed by atoms with Gasteiger partial charge in [0, 0.05) is 29.6 Å². The smallest absolute Gasteiger partial charge is 0.0864 e. The highest BCUT2D eigenvalue weighted by molar-refractivity contribution is 5.94. The monoisotopic (exact) mass is 329 g/mol. The van der Waals surface area contributed by atoms with Crippen LogP contribution in [0.25, 0.3) is 5.70 Å². The number of nitrogens with zero attached hydrogens (tertiary/aromatic N) is 3. The molecule has 2 aromatic rings. The standard InChI is InChI=1S/C22H23N3/c1-17-8-7-11-20(12-17)22-16-25(18(2)14-23-3)15-21(24-22)13-19-9-5-4-6-10-19/h4-12,16H,2-3,13-15H2,1H3. The highest BCUT2D eigenvalue weighted by atomic mass is 15.2. The molecule has 0 atom stereocenters. The van der Waals surface area contributed by atoms with Gasteiger partial charge < -0.3 is 4.90 Å². The van der Waals surface area contributed by atoms with Crippen LogP contribution in [-0.4, -0.2) is 30.4 Å². The van der Waals surface area contributed by atoms with Gasteiger partial charge in [0.15, 0.2) is 0 Å². The van der Waals surface area contributed by atoms with Crippen molar-refractivity contribution in [1.29, 1.82) is 0 Å². The van der Waals surface area contributed by atoms with Gasteiger partial charge in [-0.05, 0) is 25.3 Å². The van der Waals surface area contributed by atoms with Crippen molar-refractivity contribution in [2.45, 2.75) is 13.3 Å². The van der Waals surface area contributed by atoms with E-state index in [1.165, 1.54) is 11.1 Å². The predicted octanol–water partition coefficient (Wildman–Crippen LogP) is 4.51. The lowest BCUT2D eigenvalue weighted by molar-refractivity contribution is 0.517. The fourth-order valence-electron chi connectivity index (χ4n) is 2.92. The van der Waals surface area contributed by atoms with Crippen LogP contribution in [0.4, 0.5) is 0 Å². The third kappa shape index (κ3) is 4.32. The summed E-state index contributed by atoms with van der Waals surface area (Å²) in [6, 6.07) is 18.9. The van der Waals surface area contributed by atoms with Crippen molar-refractivity contribution >= 4 is 18.1 Å². The minimum atomic E-state index is 0.524. The van der Waals surface area contributed by atoms with Crippen molar-refractivity contribution in [3.05, 3.63) is 89.8 Å². The average molecular weight is 329 g/mol. The van der Waals surface area contributed by atoms with Crippen molar-refractivity contribution in [1.82, 2.24) is 4.90 Å². The Hall–Kier alpha value is -2.94. The van der Waals surface area contributed by atoms with Crippen molar-refractivity contribution in [2.24, 2.45) is 9.98 Å². The molecule has 3 heteroatoms. The van der Waals surface area contributed by atoms with Gasteiger partial charge >= 0.3 is 0 Å². The molecule has 0 aromatic heterocycles. The summed E-state index contributed by atoms with van der Waals surface area (Å²) < 4.78 is 0. The zero-order valence-electron chi connectivity index (χ0n) is 14.7. The first-order valence-corrected chi connectivity index (χ1v) is 8.42. The van der Waals surface area contributed by atoms with Gasteiger partial charge in [-0.2, -0.15) is 0 Å². The van der Waals surface area contributed by atoms with Gasteiger partial charge in [-0.25, -0.2) is 0 Å². The Bertz CT molecular complexity index is 831. The molecular formula is C22H23N3. The SMILES string of the molecule is C=NCC(=C)N1C=C(c2cccc(C)c2)N=C(Cc2ccccc2)C1. The number of rotatable bonds is 6. The summed E-state index contributed by atoms with van der Waals surface area (Å²) in [5.41, 5.74) is 6.62.